The first-order chi connectivity index (χ1) is 17.0. The number of fused-ring (bicyclic) bond motifs is 1. The number of hydrogen-bond donors (Lipinski definition) is 1. The number of amides is 1. The molecular weight excluding hydrogens is 449 g/mol. The van der Waals surface area contributed by atoms with Gasteiger partial charge in [0.05, 0.1) is 11.4 Å². The number of nitrogens with two attached hydrogens (primary N) is 1. The maximum Gasteiger partial charge on any atom is 0.264 e. The van der Waals surface area contributed by atoms with Crippen LogP contribution < -0.4 is 10.5 Å². The Balaban J connectivity index is 1.47. The SMILES string of the molecule is C/C=C(\C#N)C(=O)N1CC(n2nc(-c3ccc(Oc4ccccc4)cc3F)c3c(N)ncnc32)C1. The average molecular weight is 469 g/mol. The average Bonchev–Trinajstić information content (AvgIpc) is 3.20. The van der Waals surface area contributed by atoms with Gasteiger partial charge in [0.25, 0.3) is 5.91 Å². The molecule has 0 bridgehead atoms. The summed E-state index contributed by atoms with van der Waals surface area (Å²) in [6.45, 7) is 2.32. The molecule has 0 atom stereocenters. The normalized spacial score (nSPS) is 14.0. The molecule has 9 nitrogen and oxygen atoms in total. The van der Waals surface area contributed by atoms with E-state index in [1.165, 1.54) is 18.5 Å². The lowest BCUT2D eigenvalue weighted by molar-refractivity contribution is -0.132. The van der Waals surface area contributed by atoms with Crippen molar-refractivity contribution in [1.29, 1.82) is 5.26 Å². The molecule has 1 saturated heterocycles. The standard InChI is InChI=1S/C25H20FN7O2/c1-2-15(11-27)25(34)32-12-16(13-32)33-24-21(23(28)29-14-30-24)22(31-33)19-9-8-18(10-20(19)26)35-17-6-4-3-5-7-17/h2-10,14,16H,12-13H2,1H3,(H2,28,29,30)/b15-2+. The number of nitriles is 1. The molecule has 2 aromatic heterocycles. The van der Waals surface area contributed by atoms with E-state index in [1.54, 1.807) is 40.8 Å². The first-order valence-electron chi connectivity index (χ1n) is 10.9. The summed E-state index contributed by atoms with van der Waals surface area (Å²) in [7, 11) is 0. The molecule has 2 N–H and O–H groups in total. The summed E-state index contributed by atoms with van der Waals surface area (Å²) in [6, 6.07) is 15.3. The summed E-state index contributed by atoms with van der Waals surface area (Å²) in [5, 5.41) is 14.2. The number of anilines is 1. The highest BCUT2D eigenvalue weighted by molar-refractivity contribution is 5.99. The number of para-hydroxylation sites is 1. The lowest BCUT2D eigenvalue weighted by Crippen LogP contribution is -2.51. The van der Waals surface area contributed by atoms with Crippen LogP contribution in [0.1, 0.15) is 13.0 Å². The second kappa shape index (κ2) is 8.87. The van der Waals surface area contributed by atoms with Crippen LogP contribution in [0, 0.1) is 17.1 Å². The molecule has 0 radical (unpaired) electrons. The summed E-state index contributed by atoms with van der Waals surface area (Å²) >= 11 is 0. The molecule has 35 heavy (non-hydrogen) atoms. The van der Waals surface area contributed by atoms with Gasteiger partial charge in [-0.05, 0) is 31.2 Å². The summed E-state index contributed by atoms with van der Waals surface area (Å²) < 4.78 is 22.6. The zero-order chi connectivity index (χ0) is 24.5. The molecule has 174 valence electrons. The lowest BCUT2D eigenvalue weighted by Gasteiger charge is -2.39. The van der Waals surface area contributed by atoms with Crippen molar-refractivity contribution in [2.24, 2.45) is 0 Å². The van der Waals surface area contributed by atoms with Gasteiger partial charge < -0.3 is 15.4 Å². The molecular formula is C25H20FN7O2. The van der Waals surface area contributed by atoms with Crippen molar-refractivity contribution in [3.8, 4) is 28.8 Å². The molecule has 10 heteroatoms. The number of nitrogen functional groups attached to an aromatic ring is 1. The van der Waals surface area contributed by atoms with Gasteiger partial charge in [-0.15, -0.1) is 0 Å². The number of hydrogen-bond acceptors (Lipinski definition) is 7. The summed E-state index contributed by atoms with van der Waals surface area (Å²) in [5.74, 6) is 0.236. The molecule has 0 aliphatic carbocycles. The lowest BCUT2D eigenvalue weighted by atomic mass is 10.1. The Morgan fingerprint density at radius 3 is 2.66 bits per heavy atom. The highest BCUT2D eigenvalue weighted by atomic mass is 19.1. The van der Waals surface area contributed by atoms with Crippen molar-refractivity contribution in [2.75, 3.05) is 18.8 Å². The van der Waals surface area contributed by atoms with Crippen LogP contribution in [0.2, 0.25) is 0 Å². The van der Waals surface area contributed by atoms with Gasteiger partial charge in [0, 0.05) is 24.7 Å². The zero-order valence-electron chi connectivity index (χ0n) is 18.7. The first-order valence-corrected chi connectivity index (χ1v) is 10.9. The molecule has 0 saturated carbocycles. The fourth-order valence-electron chi connectivity index (χ4n) is 4.00. The van der Waals surface area contributed by atoms with Gasteiger partial charge >= 0.3 is 0 Å². The molecule has 1 amide bonds. The first kappa shape index (κ1) is 22.0. The van der Waals surface area contributed by atoms with Gasteiger partial charge in [-0.25, -0.2) is 19.0 Å². The van der Waals surface area contributed by atoms with Crippen molar-refractivity contribution in [3.05, 3.63) is 72.3 Å². The summed E-state index contributed by atoms with van der Waals surface area (Å²) in [5.41, 5.74) is 7.20. The van der Waals surface area contributed by atoms with E-state index in [4.69, 9.17) is 15.7 Å². The third kappa shape index (κ3) is 3.93. The number of aromatic nitrogens is 4. The maximum absolute atomic E-state index is 15.2. The Morgan fingerprint density at radius 2 is 1.97 bits per heavy atom. The van der Waals surface area contributed by atoms with E-state index in [0.717, 1.165) is 0 Å². The number of ether oxygens (including phenoxy) is 1. The van der Waals surface area contributed by atoms with Gasteiger partial charge in [-0.2, -0.15) is 10.4 Å². The minimum Gasteiger partial charge on any atom is -0.457 e. The molecule has 0 spiro atoms. The summed E-state index contributed by atoms with van der Waals surface area (Å²) in [4.78, 5) is 22.4. The van der Waals surface area contributed by atoms with Crippen LogP contribution in [0.4, 0.5) is 10.2 Å². The number of carbonyl (C=O) groups is 1. The van der Waals surface area contributed by atoms with E-state index in [2.05, 4.69) is 15.1 Å². The van der Waals surface area contributed by atoms with E-state index < -0.39 is 5.82 Å². The van der Waals surface area contributed by atoms with Gasteiger partial charge in [-0.3, -0.25) is 4.79 Å². The minimum atomic E-state index is -0.537. The molecule has 1 fully saturated rings. The van der Waals surface area contributed by atoms with Crippen LogP contribution in [0.15, 0.2) is 66.5 Å². The quantitative estimate of drug-likeness (QED) is 0.348. The number of allylic oxidation sites excluding steroid dienone is 1. The summed E-state index contributed by atoms with van der Waals surface area (Å²) in [6.07, 6.45) is 2.81. The highest BCUT2D eigenvalue weighted by Crippen LogP contribution is 2.36. The van der Waals surface area contributed by atoms with Crippen molar-refractivity contribution < 1.29 is 13.9 Å². The maximum atomic E-state index is 15.2. The molecule has 1 aliphatic heterocycles. The number of nitrogens with zero attached hydrogens (tertiary/aromatic N) is 6. The van der Waals surface area contributed by atoms with E-state index >= 15 is 4.39 Å². The molecule has 3 heterocycles. The number of likely N-dealkylation sites (tertiary alicyclic amines) is 1. The van der Waals surface area contributed by atoms with Crippen LogP contribution in [-0.2, 0) is 4.79 Å². The van der Waals surface area contributed by atoms with Crippen LogP contribution in [0.25, 0.3) is 22.3 Å². The fourth-order valence-corrected chi connectivity index (χ4v) is 4.00. The predicted molar refractivity (Wildman–Crippen MR) is 127 cm³/mol. The number of carbonyl (C=O) groups excluding carboxylic acids is 1. The second-order valence-electron chi connectivity index (χ2n) is 7.99. The fraction of sp³-hybridized carbons (Fsp3) is 0.160. The zero-order valence-corrected chi connectivity index (χ0v) is 18.7. The molecule has 5 rings (SSSR count). The van der Waals surface area contributed by atoms with Crippen LogP contribution in [-0.4, -0.2) is 43.6 Å². The number of halogens is 1. The van der Waals surface area contributed by atoms with Gasteiger partial charge in [0.2, 0.25) is 0 Å². The van der Waals surface area contributed by atoms with Crippen molar-refractivity contribution in [3.63, 3.8) is 0 Å². The van der Waals surface area contributed by atoms with Gasteiger partial charge in [-0.1, -0.05) is 24.3 Å². The van der Waals surface area contributed by atoms with E-state index in [0.29, 0.717) is 41.3 Å². The highest BCUT2D eigenvalue weighted by Gasteiger charge is 2.36. The van der Waals surface area contributed by atoms with E-state index in [1.807, 2.05) is 24.3 Å². The Hall–Kier alpha value is -4.78. The van der Waals surface area contributed by atoms with Crippen molar-refractivity contribution in [2.45, 2.75) is 13.0 Å². The molecule has 0 unspecified atom stereocenters. The third-order valence-corrected chi connectivity index (χ3v) is 5.83. The second-order valence-corrected chi connectivity index (χ2v) is 7.99. The largest absolute Gasteiger partial charge is 0.457 e. The van der Waals surface area contributed by atoms with Crippen LogP contribution in [0.3, 0.4) is 0 Å². The number of rotatable bonds is 5. The Bertz CT molecular complexity index is 1500. The molecule has 4 aromatic rings. The predicted octanol–water partition coefficient (Wildman–Crippen LogP) is 3.86. The topological polar surface area (TPSA) is 123 Å². The molecule has 2 aromatic carbocycles. The van der Waals surface area contributed by atoms with Crippen molar-refractivity contribution in [1.82, 2.24) is 24.6 Å². The van der Waals surface area contributed by atoms with Gasteiger partial charge in [0.15, 0.2) is 5.65 Å². The number of benzene rings is 2. The van der Waals surface area contributed by atoms with E-state index in [-0.39, 0.29) is 28.9 Å². The van der Waals surface area contributed by atoms with Crippen LogP contribution in [0.5, 0.6) is 11.5 Å². The Morgan fingerprint density at radius 1 is 1.20 bits per heavy atom. The third-order valence-electron chi connectivity index (χ3n) is 5.83. The Labute approximate surface area is 199 Å². The smallest absolute Gasteiger partial charge is 0.264 e. The van der Waals surface area contributed by atoms with Gasteiger partial charge in [0.1, 0.15) is 46.8 Å². The monoisotopic (exact) mass is 469 g/mol. The minimum absolute atomic E-state index is 0.0842. The van der Waals surface area contributed by atoms with E-state index in [9.17, 15) is 4.79 Å². The van der Waals surface area contributed by atoms with Crippen molar-refractivity contribution >= 4 is 22.8 Å². The molecule has 1 aliphatic rings. The Kier molecular flexibility index (Phi) is 5.58. The van der Waals surface area contributed by atoms with Crippen LogP contribution >= 0.6 is 0 Å².